The molecule has 3 rings (SSSR count). The van der Waals surface area contributed by atoms with Gasteiger partial charge in [0.2, 0.25) is 0 Å². The van der Waals surface area contributed by atoms with Crippen LogP contribution in [-0.2, 0) is 0 Å². The van der Waals surface area contributed by atoms with E-state index in [0.29, 0.717) is 6.04 Å². The fraction of sp³-hybridized carbons (Fsp3) is 0.579. The number of fused-ring (bicyclic) bond motifs is 1. The zero-order chi connectivity index (χ0) is 16.9. The van der Waals surface area contributed by atoms with Crippen LogP contribution >= 0.6 is 11.8 Å². The summed E-state index contributed by atoms with van der Waals surface area (Å²) in [7, 11) is 0. The molecule has 24 heavy (non-hydrogen) atoms. The minimum atomic E-state index is 0.148. The highest BCUT2D eigenvalue weighted by Crippen LogP contribution is 2.25. The fourth-order valence-corrected chi connectivity index (χ4v) is 4.22. The second kappa shape index (κ2) is 8.06. The highest BCUT2D eigenvalue weighted by molar-refractivity contribution is 7.99. The topological polar surface area (TPSA) is 37.6 Å². The Labute approximate surface area is 148 Å². The summed E-state index contributed by atoms with van der Waals surface area (Å²) in [5, 5.41) is 0. The van der Waals surface area contributed by atoms with E-state index in [9.17, 15) is 4.79 Å². The molecule has 130 valence electrons. The maximum absolute atomic E-state index is 13.3. The quantitative estimate of drug-likeness (QED) is 0.738. The van der Waals surface area contributed by atoms with Crippen LogP contribution < -0.4 is 0 Å². The smallest absolute Gasteiger partial charge is 0.257 e. The van der Waals surface area contributed by atoms with Gasteiger partial charge in [-0.3, -0.25) is 4.79 Å². The second-order valence-corrected chi connectivity index (χ2v) is 7.92. The number of rotatable bonds is 6. The molecule has 0 unspecified atom stereocenters. The number of carbonyl (C=O) groups is 1. The molecule has 2 heterocycles. The maximum atomic E-state index is 13.3. The van der Waals surface area contributed by atoms with E-state index >= 15 is 0 Å². The van der Waals surface area contributed by atoms with Crippen molar-refractivity contribution in [1.82, 2.24) is 14.3 Å². The molecule has 0 radical (unpaired) electrons. The Hall–Kier alpha value is -1.49. The summed E-state index contributed by atoms with van der Waals surface area (Å²) >= 11 is 1.91. The van der Waals surface area contributed by atoms with Crippen molar-refractivity contribution in [1.29, 1.82) is 0 Å². The average Bonchev–Trinajstić information content (AvgIpc) is 2.99. The summed E-state index contributed by atoms with van der Waals surface area (Å²) in [6.45, 7) is 4.98. The largest absolute Gasteiger partial charge is 0.335 e. The Balaban J connectivity index is 1.88. The Morgan fingerprint density at radius 2 is 2.17 bits per heavy atom. The molecule has 2 aromatic rings. The zero-order valence-corrected chi connectivity index (χ0v) is 15.5. The van der Waals surface area contributed by atoms with Crippen LogP contribution in [-0.4, -0.2) is 44.3 Å². The molecule has 1 aliphatic rings. The van der Waals surface area contributed by atoms with Crippen molar-refractivity contribution in [3.8, 4) is 0 Å². The molecule has 2 aromatic heterocycles. The van der Waals surface area contributed by atoms with Crippen molar-refractivity contribution in [3.05, 3.63) is 35.8 Å². The first-order valence-corrected chi connectivity index (χ1v) is 10.2. The molecule has 1 saturated carbocycles. The number of carbonyl (C=O) groups excluding carboxylic acids is 1. The van der Waals surface area contributed by atoms with E-state index in [-0.39, 0.29) is 5.91 Å². The number of hydrogen-bond acceptors (Lipinski definition) is 3. The van der Waals surface area contributed by atoms with E-state index in [1.807, 2.05) is 47.6 Å². The number of imidazole rings is 1. The predicted octanol–water partition coefficient (Wildman–Crippen LogP) is 4.17. The van der Waals surface area contributed by atoms with Crippen LogP contribution in [0.3, 0.4) is 0 Å². The van der Waals surface area contributed by atoms with Gasteiger partial charge in [0, 0.05) is 30.7 Å². The summed E-state index contributed by atoms with van der Waals surface area (Å²) in [5.74, 6) is 2.26. The van der Waals surface area contributed by atoms with Crippen molar-refractivity contribution in [2.45, 2.75) is 52.0 Å². The van der Waals surface area contributed by atoms with Gasteiger partial charge in [0.05, 0.1) is 11.3 Å². The lowest BCUT2D eigenvalue weighted by atomic mass is 9.93. The van der Waals surface area contributed by atoms with Gasteiger partial charge in [0.25, 0.3) is 5.91 Å². The third-order valence-corrected chi connectivity index (χ3v) is 5.67. The van der Waals surface area contributed by atoms with Gasteiger partial charge in [-0.15, -0.1) is 0 Å². The van der Waals surface area contributed by atoms with E-state index in [1.54, 1.807) is 0 Å². The number of aromatic nitrogens is 2. The molecule has 0 saturated heterocycles. The van der Waals surface area contributed by atoms with E-state index < -0.39 is 0 Å². The normalized spacial score (nSPS) is 15.8. The minimum Gasteiger partial charge on any atom is -0.335 e. The highest BCUT2D eigenvalue weighted by atomic mass is 32.2. The van der Waals surface area contributed by atoms with E-state index in [4.69, 9.17) is 0 Å². The molecule has 1 aliphatic carbocycles. The molecule has 5 heteroatoms. The molecule has 0 bridgehead atoms. The van der Waals surface area contributed by atoms with Gasteiger partial charge in [-0.1, -0.05) is 26.2 Å². The molecule has 0 spiro atoms. The summed E-state index contributed by atoms with van der Waals surface area (Å²) in [6, 6.07) is 4.26. The van der Waals surface area contributed by atoms with E-state index in [1.165, 1.54) is 19.3 Å². The Bertz CT molecular complexity index is 691. The predicted molar refractivity (Wildman–Crippen MR) is 101 cm³/mol. The SMILES string of the molecule is CCSCCN(C(=O)c1cccn2cc(C)nc12)C1CCCCC1. The van der Waals surface area contributed by atoms with Crippen LogP contribution in [0.15, 0.2) is 24.5 Å². The van der Waals surface area contributed by atoms with Crippen molar-refractivity contribution >= 4 is 23.3 Å². The molecular formula is C19H27N3OS. The number of aryl methyl sites for hydroxylation is 1. The van der Waals surface area contributed by atoms with Gasteiger partial charge in [-0.25, -0.2) is 4.98 Å². The first-order valence-electron chi connectivity index (χ1n) is 9.03. The van der Waals surface area contributed by atoms with Crippen LogP contribution in [0.25, 0.3) is 5.65 Å². The zero-order valence-electron chi connectivity index (χ0n) is 14.7. The minimum absolute atomic E-state index is 0.148. The Morgan fingerprint density at radius 1 is 1.38 bits per heavy atom. The monoisotopic (exact) mass is 345 g/mol. The van der Waals surface area contributed by atoms with E-state index in [0.717, 1.165) is 47.8 Å². The third-order valence-electron chi connectivity index (χ3n) is 4.79. The van der Waals surface area contributed by atoms with Crippen LogP contribution in [0.5, 0.6) is 0 Å². The number of amides is 1. The van der Waals surface area contributed by atoms with Crippen molar-refractivity contribution in [2.75, 3.05) is 18.1 Å². The van der Waals surface area contributed by atoms with Gasteiger partial charge in [0.15, 0.2) is 0 Å². The lowest BCUT2D eigenvalue weighted by molar-refractivity contribution is 0.0652. The van der Waals surface area contributed by atoms with Crippen LogP contribution in [0.1, 0.15) is 55.1 Å². The standard InChI is InChI=1S/C19H27N3OS/c1-3-24-13-12-22(16-8-5-4-6-9-16)19(23)17-10-7-11-21-14-15(2)20-18(17)21/h7,10-11,14,16H,3-6,8-9,12-13H2,1-2H3. The number of thioether (sulfide) groups is 1. The molecule has 1 fully saturated rings. The third kappa shape index (κ3) is 3.77. The first kappa shape index (κ1) is 17.3. The lowest BCUT2D eigenvalue weighted by Gasteiger charge is -2.34. The highest BCUT2D eigenvalue weighted by Gasteiger charge is 2.27. The van der Waals surface area contributed by atoms with Gasteiger partial charge in [-0.2, -0.15) is 11.8 Å². The average molecular weight is 346 g/mol. The maximum Gasteiger partial charge on any atom is 0.257 e. The van der Waals surface area contributed by atoms with Crippen LogP contribution in [0, 0.1) is 6.92 Å². The second-order valence-electron chi connectivity index (χ2n) is 6.52. The lowest BCUT2D eigenvalue weighted by Crippen LogP contribution is -2.43. The van der Waals surface area contributed by atoms with Crippen LogP contribution in [0.4, 0.5) is 0 Å². The van der Waals surface area contributed by atoms with E-state index in [2.05, 4.69) is 16.8 Å². The van der Waals surface area contributed by atoms with Gasteiger partial charge < -0.3 is 9.30 Å². The molecule has 0 aliphatic heterocycles. The summed E-state index contributed by atoms with van der Waals surface area (Å²) in [4.78, 5) is 20.0. The Kier molecular flexibility index (Phi) is 5.82. The van der Waals surface area contributed by atoms with Crippen molar-refractivity contribution in [3.63, 3.8) is 0 Å². The van der Waals surface area contributed by atoms with Gasteiger partial charge in [-0.05, 0) is 37.7 Å². The molecule has 0 atom stereocenters. The van der Waals surface area contributed by atoms with Gasteiger partial charge in [0.1, 0.15) is 5.65 Å². The molecule has 4 nitrogen and oxygen atoms in total. The number of hydrogen-bond donors (Lipinski definition) is 0. The summed E-state index contributed by atoms with van der Waals surface area (Å²) in [5.41, 5.74) is 2.46. The van der Waals surface area contributed by atoms with Gasteiger partial charge >= 0.3 is 0 Å². The van der Waals surface area contributed by atoms with Crippen molar-refractivity contribution in [2.24, 2.45) is 0 Å². The van der Waals surface area contributed by atoms with Crippen molar-refractivity contribution < 1.29 is 4.79 Å². The summed E-state index contributed by atoms with van der Waals surface area (Å²) in [6.07, 6.45) is 9.99. The fourth-order valence-electron chi connectivity index (χ4n) is 3.61. The number of pyridine rings is 1. The molecule has 1 amide bonds. The number of nitrogens with zero attached hydrogens (tertiary/aromatic N) is 3. The molecule has 0 N–H and O–H groups in total. The molecular weight excluding hydrogens is 318 g/mol. The molecule has 0 aromatic carbocycles. The first-order chi connectivity index (χ1) is 11.7. The van der Waals surface area contributed by atoms with Crippen LogP contribution in [0.2, 0.25) is 0 Å². The summed E-state index contributed by atoms with van der Waals surface area (Å²) < 4.78 is 1.96. The Morgan fingerprint density at radius 3 is 2.92 bits per heavy atom.